The first-order valence-electron chi connectivity index (χ1n) is 5.87. The van der Waals surface area contributed by atoms with Gasteiger partial charge in [0.25, 0.3) is 0 Å². The fraction of sp³-hybridized carbons (Fsp3) is 0.333. The molecule has 0 bridgehead atoms. The first kappa shape index (κ1) is 19.5. The van der Waals surface area contributed by atoms with Crippen molar-refractivity contribution in [2.75, 3.05) is 5.32 Å². The van der Waals surface area contributed by atoms with Crippen molar-refractivity contribution in [3.05, 3.63) is 23.8 Å². The Labute approximate surface area is 128 Å². The van der Waals surface area contributed by atoms with E-state index in [1.165, 1.54) is 0 Å². The van der Waals surface area contributed by atoms with Crippen LogP contribution < -0.4 is 5.32 Å². The van der Waals surface area contributed by atoms with E-state index in [2.05, 4.69) is 0 Å². The average molecular weight is 363 g/mol. The summed E-state index contributed by atoms with van der Waals surface area (Å²) in [5, 5.41) is 18.9. The Kier molecular flexibility index (Phi) is 5.02. The predicted molar refractivity (Wildman–Crippen MR) is 64.0 cm³/mol. The maximum atomic E-state index is 13.2. The van der Waals surface area contributed by atoms with E-state index in [-0.39, 0.29) is 5.56 Å². The molecule has 0 aliphatic rings. The summed E-state index contributed by atoms with van der Waals surface area (Å²) in [6.07, 6.45) is -7.38. The molecule has 1 aromatic rings. The lowest BCUT2D eigenvalue weighted by Crippen LogP contribution is -2.57. The topological polar surface area (TPSA) is 86.6 Å². The number of rotatable bonds is 5. The molecule has 5 nitrogen and oxygen atoms in total. The monoisotopic (exact) mass is 363 g/mol. The first-order valence-corrected chi connectivity index (χ1v) is 5.87. The van der Waals surface area contributed by atoms with Crippen molar-refractivity contribution in [1.82, 2.24) is 0 Å². The highest BCUT2D eigenvalue weighted by atomic mass is 19.4. The summed E-state index contributed by atoms with van der Waals surface area (Å²) in [5.41, 5.74) is -1.09. The van der Waals surface area contributed by atoms with Gasteiger partial charge in [-0.25, -0.2) is 0 Å². The highest BCUT2D eigenvalue weighted by Gasteiger charge is 2.76. The van der Waals surface area contributed by atoms with Gasteiger partial charge in [0.2, 0.25) is 0 Å². The number of phenols is 1. The molecule has 12 heteroatoms. The van der Waals surface area contributed by atoms with Crippen molar-refractivity contribution >= 4 is 17.6 Å². The van der Waals surface area contributed by atoms with E-state index >= 15 is 0 Å². The number of benzene rings is 1. The number of carboxylic acids is 1. The number of nitrogens with one attached hydrogen (secondary N) is 1. The molecule has 0 aromatic heterocycles. The zero-order valence-electron chi connectivity index (χ0n) is 11.3. The Balaban J connectivity index is 3.13. The van der Waals surface area contributed by atoms with Crippen LogP contribution in [-0.4, -0.2) is 40.1 Å². The molecule has 1 amide bonds. The van der Waals surface area contributed by atoms with Crippen molar-refractivity contribution < 1.29 is 50.5 Å². The smallest absolute Gasteiger partial charge is 0.460 e. The van der Waals surface area contributed by atoms with Gasteiger partial charge in [-0.3, -0.25) is 9.59 Å². The predicted octanol–water partition coefficient (Wildman–Crippen LogP) is 2.79. The van der Waals surface area contributed by atoms with Crippen molar-refractivity contribution in [3.63, 3.8) is 0 Å². The van der Waals surface area contributed by atoms with Crippen LogP contribution in [-0.2, 0) is 16.0 Å². The maximum Gasteiger partial charge on any atom is 0.460 e. The van der Waals surface area contributed by atoms with Gasteiger partial charge in [0.1, 0.15) is 5.75 Å². The summed E-state index contributed by atoms with van der Waals surface area (Å²) >= 11 is 0. The molecule has 0 heterocycles. The van der Waals surface area contributed by atoms with E-state index < -0.39 is 47.8 Å². The van der Waals surface area contributed by atoms with E-state index in [1.54, 1.807) is 0 Å². The molecule has 0 saturated carbocycles. The van der Waals surface area contributed by atoms with Gasteiger partial charge in [-0.1, -0.05) is 6.07 Å². The van der Waals surface area contributed by atoms with E-state index in [4.69, 9.17) is 5.11 Å². The van der Waals surface area contributed by atoms with Gasteiger partial charge in [0.15, 0.2) is 0 Å². The molecule has 24 heavy (non-hydrogen) atoms. The summed E-state index contributed by atoms with van der Waals surface area (Å²) in [5.74, 6) is -18.2. The molecular formula is C12H8F7NO4. The summed E-state index contributed by atoms with van der Waals surface area (Å²) in [6.45, 7) is 0. The number of phenolic OH excluding ortho intramolecular Hbond substituents is 1. The lowest BCUT2D eigenvalue weighted by atomic mass is 10.1. The molecule has 0 saturated heterocycles. The van der Waals surface area contributed by atoms with Gasteiger partial charge in [0.05, 0.1) is 12.1 Å². The molecule has 0 spiro atoms. The molecule has 1 rings (SSSR count). The molecule has 0 aliphatic heterocycles. The standard InChI is InChI=1S/C12H8F7NO4/c13-10(14,11(15,16)12(17,18)19)9(24)20-6-3-5(4-8(22)23)1-2-7(6)21/h1-3,21H,4H2,(H,20,24)(H,22,23). The third-order valence-electron chi connectivity index (χ3n) is 2.70. The second-order valence-corrected chi connectivity index (χ2v) is 4.52. The van der Waals surface area contributed by atoms with E-state index in [9.17, 15) is 45.4 Å². The second kappa shape index (κ2) is 6.17. The highest BCUT2D eigenvalue weighted by molar-refractivity contribution is 5.98. The van der Waals surface area contributed by atoms with Crippen LogP contribution in [0.25, 0.3) is 0 Å². The van der Waals surface area contributed by atoms with Crippen LogP contribution in [0.4, 0.5) is 36.4 Å². The summed E-state index contributed by atoms with van der Waals surface area (Å²) in [7, 11) is 0. The van der Waals surface area contributed by atoms with Crippen LogP contribution in [0.15, 0.2) is 18.2 Å². The van der Waals surface area contributed by atoms with Crippen LogP contribution in [0.5, 0.6) is 5.75 Å². The molecule has 1 aromatic carbocycles. The lowest BCUT2D eigenvalue weighted by Gasteiger charge is -2.27. The van der Waals surface area contributed by atoms with Crippen molar-refractivity contribution in [2.45, 2.75) is 24.4 Å². The zero-order chi connectivity index (χ0) is 18.9. The fourth-order valence-electron chi connectivity index (χ4n) is 1.49. The highest BCUT2D eigenvalue weighted by Crippen LogP contribution is 2.47. The molecule has 134 valence electrons. The average Bonchev–Trinajstić information content (AvgIpc) is 2.40. The number of aliphatic carboxylic acids is 1. The Morgan fingerprint density at radius 3 is 2.04 bits per heavy atom. The number of anilines is 1. The van der Waals surface area contributed by atoms with Crippen LogP contribution in [0.1, 0.15) is 5.56 Å². The minimum Gasteiger partial charge on any atom is -0.506 e. The van der Waals surface area contributed by atoms with Crippen LogP contribution in [0.3, 0.4) is 0 Å². The van der Waals surface area contributed by atoms with Gasteiger partial charge in [-0.15, -0.1) is 0 Å². The third kappa shape index (κ3) is 3.68. The second-order valence-electron chi connectivity index (χ2n) is 4.52. The number of amides is 1. The molecule has 0 aliphatic carbocycles. The quantitative estimate of drug-likeness (QED) is 0.555. The third-order valence-corrected chi connectivity index (χ3v) is 2.70. The number of hydrogen-bond acceptors (Lipinski definition) is 3. The lowest BCUT2D eigenvalue weighted by molar-refractivity contribution is -0.343. The zero-order valence-corrected chi connectivity index (χ0v) is 11.3. The van der Waals surface area contributed by atoms with Crippen molar-refractivity contribution in [2.24, 2.45) is 0 Å². The van der Waals surface area contributed by atoms with Gasteiger partial charge < -0.3 is 15.5 Å². The summed E-state index contributed by atoms with van der Waals surface area (Å²) in [4.78, 5) is 21.6. The minimum atomic E-state index is -6.69. The molecular weight excluding hydrogens is 355 g/mol. The SMILES string of the molecule is O=C(O)Cc1ccc(O)c(NC(=O)C(F)(F)C(F)(F)C(F)(F)F)c1. The molecule has 0 fully saturated rings. The first-order chi connectivity index (χ1) is 10.7. The molecule has 0 atom stereocenters. The van der Waals surface area contributed by atoms with Gasteiger partial charge in [-0.2, -0.15) is 30.7 Å². The van der Waals surface area contributed by atoms with Gasteiger partial charge in [-0.05, 0) is 17.7 Å². The van der Waals surface area contributed by atoms with E-state index in [0.717, 1.165) is 17.4 Å². The van der Waals surface area contributed by atoms with E-state index in [1.807, 2.05) is 0 Å². The summed E-state index contributed by atoms with van der Waals surface area (Å²) in [6, 6.07) is 2.40. The molecule has 3 N–H and O–H groups in total. The largest absolute Gasteiger partial charge is 0.506 e. The Hall–Kier alpha value is -2.53. The molecule has 0 radical (unpaired) electrons. The number of alkyl halides is 7. The van der Waals surface area contributed by atoms with Crippen molar-refractivity contribution in [3.8, 4) is 5.75 Å². The van der Waals surface area contributed by atoms with Crippen LogP contribution in [0, 0.1) is 0 Å². The Bertz CT molecular complexity index is 657. The Morgan fingerprint density at radius 1 is 1.04 bits per heavy atom. The number of carbonyl (C=O) groups is 2. The maximum absolute atomic E-state index is 13.2. The Morgan fingerprint density at radius 2 is 1.58 bits per heavy atom. The number of carbonyl (C=O) groups excluding carboxylic acids is 1. The number of hydrogen-bond donors (Lipinski definition) is 3. The number of carboxylic acid groups (broad SMARTS) is 1. The molecule has 0 unspecified atom stereocenters. The number of halogens is 7. The van der Waals surface area contributed by atoms with Gasteiger partial charge >= 0.3 is 29.9 Å². The summed E-state index contributed by atoms with van der Waals surface area (Å²) < 4.78 is 87.8. The minimum absolute atomic E-state index is 0.138. The number of aromatic hydroxyl groups is 1. The van der Waals surface area contributed by atoms with E-state index in [0.29, 0.717) is 6.07 Å². The van der Waals surface area contributed by atoms with Crippen LogP contribution in [0.2, 0.25) is 0 Å². The van der Waals surface area contributed by atoms with Gasteiger partial charge in [0, 0.05) is 0 Å². The fourth-order valence-corrected chi connectivity index (χ4v) is 1.49. The van der Waals surface area contributed by atoms with Crippen LogP contribution >= 0.6 is 0 Å². The van der Waals surface area contributed by atoms with Crippen molar-refractivity contribution in [1.29, 1.82) is 0 Å². The normalized spacial score (nSPS) is 12.8.